The molecule has 1 aliphatic carbocycles. The summed E-state index contributed by atoms with van der Waals surface area (Å²) in [5.74, 6) is -2.25. The van der Waals surface area contributed by atoms with Crippen molar-refractivity contribution in [2.24, 2.45) is 16.8 Å². The van der Waals surface area contributed by atoms with Crippen LogP contribution in [0.15, 0.2) is 35.3 Å². The third-order valence-electron chi connectivity index (χ3n) is 4.98. The third-order valence-corrected chi connectivity index (χ3v) is 4.98. The van der Waals surface area contributed by atoms with Gasteiger partial charge in [-0.2, -0.15) is 13.2 Å². The van der Waals surface area contributed by atoms with Crippen LogP contribution in [-0.2, 0) is 16.0 Å². The molecule has 3 unspecified atom stereocenters. The number of carbonyl (C=O) groups excluding carboxylic acids is 2. The van der Waals surface area contributed by atoms with Crippen LogP contribution in [0.25, 0.3) is 0 Å². The first kappa shape index (κ1) is 19.1. The average molecular weight is 380 g/mol. The number of nitrogens with zero attached hydrogens (tertiary/aromatic N) is 1. The topological polar surface area (TPSA) is 67.8 Å². The first-order valence-electron chi connectivity index (χ1n) is 8.59. The molecule has 0 bridgehead atoms. The Morgan fingerprint density at radius 2 is 2.11 bits per heavy atom. The van der Waals surface area contributed by atoms with Crippen LogP contribution in [0.5, 0.6) is 5.75 Å². The maximum atomic E-state index is 12.6. The SMILES string of the molecule is CCC1Cc2cc(OC)ccc2C1NC(=O)C1C=CC(C(F)(F)F)=NC1=O. The van der Waals surface area contributed by atoms with E-state index in [0.29, 0.717) is 6.08 Å². The van der Waals surface area contributed by atoms with E-state index in [9.17, 15) is 22.8 Å². The van der Waals surface area contributed by atoms with E-state index >= 15 is 0 Å². The highest BCUT2D eigenvalue weighted by Gasteiger charge is 2.40. The number of dihydropyridines is 1. The van der Waals surface area contributed by atoms with Crippen molar-refractivity contribution in [3.8, 4) is 5.75 Å². The summed E-state index contributed by atoms with van der Waals surface area (Å²) in [4.78, 5) is 27.5. The molecule has 0 spiro atoms. The largest absolute Gasteiger partial charge is 0.497 e. The number of carbonyl (C=O) groups is 2. The predicted molar refractivity (Wildman–Crippen MR) is 92.5 cm³/mol. The normalized spacial score (nSPS) is 24.4. The summed E-state index contributed by atoms with van der Waals surface area (Å²) in [5.41, 5.74) is 0.693. The average Bonchev–Trinajstić information content (AvgIpc) is 2.97. The highest BCUT2D eigenvalue weighted by atomic mass is 19.4. The fourth-order valence-corrected chi connectivity index (χ4v) is 3.51. The van der Waals surface area contributed by atoms with Crippen molar-refractivity contribution in [3.63, 3.8) is 0 Å². The van der Waals surface area contributed by atoms with E-state index in [-0.39, 0.29) is 12.0 Å². The molecule has 3 rings (SSSR count). The Labute approximate surface area is 154 Å². The number of fused-ring (bicyclic) bond motifs is 1. The maximum absolute atomic E-state index is 12.6. The second kappa shape index (κ2) is 7.17. The summed E-state index contributed by atoms with van der Waals surface area (Å²) in [6.07, 6.45) is -1.54. The number of nitrogens with one attached hydrogen (secondary N) is 1. The highest BCUT2D eigenvalue weighted by molar-refractivity contribution is 6.14. The van der Waals surface area contributed by atoms with E-state index in [4.69, 9.17) is 4.74 Å². The number of alkyl halides is 3. The molecule has 8 heteroatoms. The van der Waals surface area contributed by atoms with Crippen molar-refractivity contribution in [1.29, 1.82) is 0 Å². The number of aliphatic imine (C=N–C) groups is 1. The smallest absolute Gasteiger partial charge is 0.433 e. The van der Waals surface area contributed by atoms with Crippen LogP contribution < -0.4 is 10.1 Å². The van der Waals surface area contributed by atoms with Crippen molar-refractivity contribution in [2.45, 2.75) is 32.0 Å². The van der Waals surface area contributed by atoms with Crippen LogP contribution in [0, 0.1) is 11.8 Å². The number of amides is 2. The quantitative estimate of drug-likeness (QED) is 0.816. The van der Waals surface area contributed by atoms with Crippen molar-refractivity contribution in [2.75, 3.05) is 7.11 Å². The highest BCUT2D eigenvalue weighted by Crippen LogP contribution is 2.39. The Bertz CT molecular complexity index is 830. The van der Waals surface area contributed by atoms with Gasteiger partial charge in [0, 0.05) is 0 Å². The molecule has 0 saturated heterocycles. The summed E-state index contributed by atoms with van der Waals surface area (Å²) >= 11 is 0. The number of halogens is 3. The van der Waals surface area contributed by atoms with Gasteiger partial charge in [0.05, 0.1) is 13.2 Å². The molecule has 0 aromatic heterocycles. The van der Waals surface area contributed by atoms with Crippen LogP contribution in [0.4, 0.5) is 13.2 Å². The molecule has 3 atom stereocenters. The molecule has 2 aliphatic rings. The van der Waals surface area contributed by atoms with Gasteiger partial charge in [-0.25, -0.2) is 4.99 Å². The van der Waals surface area contributed by atoms with Gasteiger partial charge in [-0.3, -0.25) is 9.59 Å². The maximum Gasteiger partial charge on any atom is 0.433 e. The van der Waals surface area contributed by atoms with Crippen LogP contribution in [0.1, 0.15) is 30.5 Å². The number of methoxy groups -OCH3 is 1. The first-order chi connectivity index (χ1) is 12.7. The molecule has 1 N–H and O–H groups in total. The number of rotatable bonds is 4. The minimum absolute atomic E-state index is 0.132. The molecule has 0 saturated carbocycles. The lowest BCUT2D eigenvalue weighted by Crippen LogP contribution is -2.40. The molecule has 0 fully saturated rings. The lowest BCUT2D eigenvalue weighted by molar-refractivity contribution is -0.132. The minimum Gasteiger partial charge on any atom is -0.497 e. The van der Waals surface area contributed by atoms with Crippen molar-refractivity contribution < 1.29 is 27.5 Å². The monoisotopic (exact) mass is 380 g/mol. The van der Waals surface area contributed by atoms with Gasteiger partial charge in [-0.1, -0.05) is 25.5 Å². The van der Waals surface area contributed by atoms with E-state index in [1.165, 1.54) is 0 Å². The number of ether oxygens (including phenoxy) is 1. The zero-order valence-corrected chi connectivity index (χ0v) is 14.8. The summed E-state index contributed by atoms with van der Waals surface area (Å²) < 4.78 is 43.2. The van der Waals surface area contributed by atoms with E-state index in [2.05, 4.69) is 10.3 Å². The Hall–Kier alpha value is -2.64. The molecular weight excluding hydrogens is 361 g/mol. The summed E-state index contributed by atoms with van der Waals surface area (Å²) in [6, 6.07) is 5.27. The lowest BCUT2D eigenvalue weighted by Gasteiger charge is -2.23. The molecule has 27 heavy (non-hydrogen) atoms. The minimum atomic E-state index is -4.72. The molecular formula is C19H19F3N2O3. The van der Waals surface area contributed by atoms with Gasteiger partial charge < -0.3 is 10.1 Å². The van der Waals surface area contributed by atoms with Crippen LogP contribution in [0.3, 0.4) is 0 Å². The fourth-order valence-electron chi connectivity index (χ4n) is 3.51. The van der Waals surface area contributed by atoms with Gasteiger partial charge in [0.2, 0.25) is 5.91 Å². The second-order valence-corrected chi connectivity index (χ2v) is 6.59. The standard InChI is InChI=1S/C19H19F3N2O3/c1-3-10-8-11-9-12(27-2)4-5-13(11)16(10)24-18(26)14-6-7-15(19(20,21)22)23-17(14)25/h4-7,9-10,14,16H,3,8H2,1-2H3,(H,24,26). The summed E-state index contributed by atoms with van der Waals surface area (Å²) in [6.45, 7) is 2.00. The third kappa shape index (κ3) is 3.74. The second-order valence-electron chi connectivity index (χ2n) is 6.59. The first-order valence-corrected chi connectivity index (χ1v) is 8.59. The van der Waals surface area contributed by atoms with Gasteiger partial charge >= 0.3 is 6.18 Å². The summed E-state index contributed by atoms with van der Waals surface area (Å²) in [7, 11) is 1.57. The molecule has 144 valence electrons. The molecule has 1 aromatic carbocycles. The Balaban J connectivity index is 1.78. The predicted octanol–water partition coefficient (Wildman–Crippen LogP) is 3.15. The van der Waals surface area contributed by atoms with Gasteiger partial charge in [-0.05, 0) is 41.7 Å². The number of hydrogen-bond donors (Lipinski definition) is 1. The molecule has 1 aromatic rings. The van der Waals surface area contributed by atoms with Gasteiger partial charge in [0.15, 0.2) is 0 Å². The van der Waals surface area contributed by atoms with E-state index in [1.807, 2.05) is 19.1 Å². The summed E-state index contributed by atoms with van der Waals surface area (Å²) in [5, 5.41) is 2.82. The van der Waals surface area contributed by atoms with Crippen LogP contribution >= 0.6 is 0 Å². The molecule has 1 heterocycles. The van der Waals surface area contributed by atoms with Crippen LogP contribution in [0.2, 0.25) is 0 Å². The Kier molecular flexibility index (Phi) is 5.08. The van der Waals surface area contributed by atoms with Crippen molar-refractivity contribution in [1.82, 2.24) is 5.32 Å². The molecule has 5 nitrogen and oxygen atoms in total. The zero-order chi connectivity index (χ0) is 19.8. The van der Waals surface area contributed by atoms with Crippen molar-refractivity contribution >= 4 is 17.5 Å². The number of allylic oxidation sites excluding steroid dienone is 1. The van der Waals surface area contributed by atoms with E-state index in [1.54, 1.807) is 13.2 Å². The Morgan fingerprint density at radius 1 is 1.37 bits per heavy atom. The van der Waals surface area contributed by atoms with Gasteiger partial charge in [-0.15, -0.1) is 0 Å². The van der Waals surface area contributed by atoms with Gasteiger partial charge in [0.25, 0.3) is 5.91 Å². The molecule has 0 radical (unpaired) electrons. The number of benzene rings is 1. The fraction of sp³-hybridized carbons (Fsp3) is 0.421. The number of hydrogen-bond acceptors (Lipinski definition) is 3. The lowest BCUT2D eigenvalue weighted by atomic mass is 9.96. The van der Waals surface area contributed by atoms with E-state index in [0.717, 1.165) is 35.8 Å². The van der Waals surface area contributed by atoms with Crippen LogP contribution in [-0.4, -0.2) is 30.8 Å². The van der Waals surface area contributed by atoms with Crippen molar-refractivity contribution in [3.05, 3.63) is 41.5 Å². The Morgan fingerprint density at radius 3 is 2.70 bits per heavy atom. The van der Waals surface area contributed by atoms with Gasteiger partial charge in [0.1, 0.15) is 17.4 Å². The van der Waals surface area contributed by atoms with E-state index < -0.39 is 29.6 Å². The molecule has 1 aliphatic heterocycles. The molecule has 2 amide bonds. The zero-order valence-electron chi connectivity index (χ0n) is 14.8.